The lowest BCUT2D eigenvalue weighted by atomic mass is 10.2. The summed E-state index contributed by atoms with van der Waals surface area (Å²) in [4.78, 5) is 17.3. The van der Waals surface area contributed by atoms with Gasteiger partial charge >= 0.3 is 0 Å². The second-order valence-corrected chi connectivity index (χ2v) is 7.95. The van der Waals surface area contributed by atoms with Gasteiger partial charge in [0.1, 0.15) is 11.1 Å². The molecule has 0 radical (unpaired) electrons. The van der Waals surface area contributed by atoms with E-state index < -0.39 is 5.25 Å². The van der Waals surface area contributed by atoms with Crippen molar-refractivity contribution < 1.29 is 4.79 Å². The molecule has 0 aliphatic rings. The average Bonchev–Trinajstić information content (AvgIpc) is 2.67. The first-order valence-electron chi connectivity index (χ1n) is 8.81. The van der Waals surface area contributed by atoms with Gasteiger partial charge in [0.2, 0.25) is 5.91 Å². The summed E-state index contributed by atoms with van der Waals surface area (Å²) in [6, 6.07) is 10.9. The Morgan fingerprint density at radius 2 is 2.07 bits per heavy atom. The quantitative estimate of drug-likeness (QED) is 0.521. The molecule has 4 nitrogen and oxygen atoms in total. The molecule has 7 heteroatoms. The van der Waals surface area contributed by atoms with Gasteiger partial charge in [-0.25, -0.2) is 4.98 Å². The van der Waals surface area contributed by atoms with E-state index >= 15 is 0 Å². The Labute approximate surface area is 174 Å². The van der Waals surface area contributed by atoms with Crippen LogP contribution in [-0.2, 0) is 11.2 Å². The van der Waals surface area contributed by atoms with Crippen LogP contribution in [0.25, 0.3) is 0 Å². The van der Waals surface area contributed by atoms with Gasteiger partial charge in [-0.15, -0.1) is 0 Å². The minimum absolute atomic E-state index is 0.198. The third-order valence-corrected chi connectivity index (χ3v) is 6.14. The monoisotopic (exact) mass is 421 g/mol. The van der Waals surface area contributed by atoms with Crippen LogP contribution in [0.1, 0.15) is 44.4 Å². The van der Waals surface area contributed by atoms with Crippen LogP contribution < -0.4 is 5.32 Å². The van der Waals surface area contributed by atoms with Crippen molar-refractivity contribution in [3.63, 3.8) is 0 Å². The van der Waals surface area contributed by atoms with E-state index in [2.05, 4.69) is 23.3 Å². The summed E-state index contributed by atoms with van der Waals surface area (Å²) in [5, 5.41) is 13.1. The lowest BCUT2D eigenvalue weighted by Gasteiger charge is -2.16. The van der Waals surface area contributed by atoms with Crippen molar-refractivity contribution in [3.05, 3.63) is 51.6 Å². The zero-order chi connectivity index (χ0) is 19.8. The number of benzene rings is 1. The first-order chi connectivity index (χ1) is 13.0. The number of halogens is 2. The van der Waals surface area contributed by atoms with E-state index in [0.717, 1.165) is 25.0 Å². The third kappa shape index (κ3) is 5.87. The Morgan fingerprint density at radius 3 is 2.74 bits per heavy atom. The number of nitrogens with zero attached hydrogens (tertiary/aromatic N) is 2. The maximum Gasteiger partial charge on any atom is 0.237 e. The van der Waals surface area contributed by atoms with Crippen LogP contribution in [-0.4, -0.2) is 16.1 Å². The normalized spacial score (nSPS) is 11.7. The molecule has 1 atom stereocenters. The Bertz CT molecular complexity index is 852. The van der Waals surface area contributed by atoms with Crippen LogP contribution in [0.2, 0.25) is 10.0 Å². The molecule has 1 aromatic heterocycles. The molecule has 2 rings (SSSR count). The van der Waals surface area contributed by atoms with E-state index in [1.807, 2.05) is 13.0 Å². The molecule has 0 saturated heterocycles. The number of carbonyl (C=O) groups is 1. The van der Waals surface area contributed by atoms with Crippen molar-refractivity contribution in [2.75, 3.05) is 5.32 Å². The fourth-order valence-corrected chi connectivity index (χ4v) is 3.78. The smallest absolute Gasteiger partial charge is 0.237 e. The molecule has 2 aromatic rings. The Morgan fingerprint density at radius 1 is 1.30 bits per heavy atom. The summed E-state index contributed by atoms with van der Waals surface area (Å²) in [7, 11) is 0. The molecule has 1 heterocycles. The van der Waals surface area contributed by atoms with Crippen LogP contribution >= 0.6 is 35.0 Å². The lowest BCUT2D eigenvalue weighted by Crippen LogP contribution is -2.25. The number of carbonyl (C=O) groups excluding carboxylic acids is 1. The number of nitriles is 1. The van der Waals surface area contributed by atoms with Crippen LogP contribution in [0.5, 0.6) is 0 Å². The topological polar surface area (TPSA) is 65.8 Å². The number of aryl methyl sites for hydroxylation is 1. The molecule has 1 amide bonds. The molecular weight excluding hydrogens is 401 g/mol. The van der Waals surface area contributed by atoms with E-state index in [9.17, 15) is 10.1 Å². The molecule has 0 fully saturated rings. The second-order valence-electron chi connectivity index (χ2n) is 5.98. The van der Waals surface area contributed by atoms with Gasteiger partial charge in [0.15, 0.2) is 0 Å². The number of amides is 1. The number of hydrogen-bond acceptors (Lipinski definition) is 4. The molecule has 142 valence electrons. The van der Waals surface area contributed by atoms with E-state index in [-0.39, 0.29) is 5.91 Å². The van der Waals surface area contributed by atoms with Gasteiger partial charge in [-0.3, -0.25) is 4.79 Å². The number of pyridine rings is 1. The average molecular weight is 422 g/mol. The summed E-state index contributed by atoms with van der Waals surface area (Å²) in [6.45, 7) is 4.04. The van der Waals surface area contributed by atoms with Gasteiger partial charge < -0.3 is 5.32 Å². The number of rotatable bonds is 8. The Kier molecular flexibility index (Phi) is 8.43. The van der Waals surface area contributed by atoms with Crippen molar-refractivity contribution >= 4 is 46.6 Å². The van der Waals surface area contributed by atoms with Gasteiger partial charge in [-0.2, -0.15) is 5.26 Å². The predicted octanol–water partition coefficient (Wildman–Crippen LogP) is 6.11. The Hall–Kier alpha value is -1.74. The maximum atomic E-state index is 12.7. The second kappa shape index (κ2) is 10.6. The minimum atomic E-state index is -0.402. The molecule has 0 saturated carbocycles. The van der Waals surface area contributed by atoms with Crippen molar-refractivity contribution in [2.24, 2.45) is 0 Å². The van der Waals surface area contributed by atoms with E-state index in [1.165, 1.54) is 11.8 Å². The maximum absolute atomic E-state index is 12.7. The molecule has 0 spiro atoms. The summed E-state index contributed by atoms with van der Waals surface area (Å²) < 4.78 is 0. The highest BCUT2D eigenvalue weighted by atomic mass is 35.5. The minimum Gasteiger partial charge on any atom is -0.324 e. The SMILES string of the molecule is CCCCc1ccc(C#N)c(SC(CC)C(=O)Nc2cccc(Cl)c2Cl)n1. The summed E-state index contributed by atoms with van der Waals surface area (Å²) >= 11 is 13.5. The molecule has 1 N–H and O–H groups in total. The van der Waals surface area contributed by atoms with Crippen molar-refractivity contribution in [1.82, 2.24) is 4.98 Å². The number of anilines is 1. The number of thioether (sulfide) groups is 1. The molecular formula is C20H21Cl2N3OS. The van der Waals surface area contributed by atoms with E-state index in [1.54, 1.807) is 24.3 Å². The van der Waals surface area contributed by atoms with Crippen molar-refractivity contribution in [2.45, 2.75) is 49.8 Å². The molecule has 0 bridgehead atoms. The summed E-state index contributed by atoms with van der Waals surface area (Å²) in [5.41, 5.74) is 1.89. The third-order valence-electron chi connectivity index (χ3n) is 3.95. The molecule has 0 aliphatic carbocycles. The van der Waals surface area contributed by atoms with Crippen LogP contribution in [0.15, 0.2) is 35.4 Å². The van der Waals surface area contributed by atoms with Gasteiger partial charge in [-0.1, -0.05) is 61.3 Å². The zero-order valence-electron chi connectivity index (χ0n) is 15.3. The van der Waals surface area contributed by atoms with Gasteiger partial charge in [0.05, 0.1) is 26.5 Å². The fourth-order valence-electron chi connectivity index (χ4n) is 2.42. The number of hydrogen-bond donors (Lipinski definition) is 1. The first-order valence-corrected chi connectivity index (χ1v) is 10.4. The summed E-state index contributed by atoms with van der Waals surface area (Å²) in [5.74, 6) is -0.198. The predicted molar refractivity (Wildman–Crippen MR) is 113 cm³/mol. The van der Waals surface area contributed by atoms with Gasteiger partial charge in [0, 0.05) is 5.69 Å². The summed E-state index contributed by atoms with van der Waals surface area (Å²) in [6.07, 6.45) is 3.55. The Balaban J connectivity index is 2.19. The first kappa shape index (κ1) is 21.6. The zero-order valence-corrected chi connectivity index (χ0v) is 17.6. The highest BCUT2D eigenvalue weighted by Gasteiger charge is 2.22. The van der Waals surface area contributed by atoms with Gasteiger partial charge in [0.25, 0.3) is 0 Å². The highest BCUT2D eigenvalue weighted by Crippen LogP contribution is 2.32. The largest absolute Gasteiger partial charge is 0.324 e. The standard InChI is InChI=1S/C20H21Cl2N3OS/c1-3-5-7-14-11-10-13(12-23)20(24-14)27-17(4-2)19(26)25-16-9-6-8-15(21)18(16)22/h6,8-11,17H,3-5,7H2,1-2H3,(H,25,26). The van der Waals surface area contributed by atoms with Crippen LogP contribution in [0.4, 0.5) is 5.69 Å². The van der Waals surface area contributed by atoms with E-state index in [0.29, 0.717) is 32.7 Å². The lowest BCUT2D eigenvalue weighted by molar-refractivity contribution is -0.115. The number of unbranched alkanes of at least 4 members (excludes halogenated alkanes) is 1. The molecule has 27 heavy (non-hydrogen) atoms. The molecule has 1 aromatic carbocycles. The van der Waals surface area contributed by atoms with Crippen molar-refractivity contribution in [1.29, 1.82) is 5.26 Å². The van der Waals surface area contributed by atoms with Crippen LogP contribution in [0, 0.1) is 11.3 Å². The highest BCUT2D eigenvalue weighted by molar-refractivity contribution is 8.00. The number of aromatic nitrogens is 1. The fraction of sp³-hybridized carbons (Fsp3) is 0.350. The van der Waals surface area contributed by atoms with E-state index in [4.69, 9.17) is 23.2 Å². The number of nitrogens with one attached hydrogen (secondary N) is 1. The van der Waals surface area contributed by atoms with Crippen molar-refractivity contribution in [3.8, 4) is 6.07 Å². The molecule has 1 unspecified atom stereocenters. The van der Waals surface area contributed by atoms with Crippen LogP contribution in [0.3, 0.4) is 0 Å². The van der Waals surface area contributed by atoms with Gasteiger partial charge in [-0.05, 0) is 43.5 Å². The molecule has 0 aliphatic heterocycles.